The number of anilines is 1. The van der Waals surface area contributed by atoms with E-state index in [9.17, 15) is 13.2 Å². The van der Waals surface area contributed by atoms with Gasteiger partial charge in [0.05, 0.1) is 6.33 Å². The van der Waals surface area contributed by atoms with Crippen molar-refractivity contribution in [1.29, 1.82) is 0 Å². The molecule has 0 aliphatic rings. The lowest BCUT2D eigenvalue weighted by Gasteiger charge is -2.09. The summed E-state index contributed by atoms with van der Waals surface area (Å²) in [4.78, 5) is 12.4. The maximum absolute atomic E-state index is 12.2. The molecule has 2 heterocycles. The molecule has 0 aliphatic carbocycles. The van der Waals surface area contributed by atoms with Crippen LogP contribution in [0.15, 0.2) is 55.4 Å². The Kier molecular flexibility index (Phi) is 5.35. The van der Waals surface area contributed by atoms with Crippen molar-refractivity contribution in [1.82, 2.24) is 19.5 Å². The molecular formula is C17H16F3N5O. The predicted octanol–water partition coefficient (Wildman–Crippen LogP) is 3.74. The zero-order valence-electron chi connectivity index (χ0n) is 13.6. The highest BCUT2D eigenvalue weighted by atomic mass is 19.4. The van der Waals surface area contributed by atoms with E-state index in [2.05, 4.69) is 25.0 Å². The van der Waals surface area contributed by atoms with Gasteiger partial charge in [-0.15, -0.1) is 13.2 Å². The largest absolute Gasteiger partial charge is 0.573 e. The summed E-state index contributed by atoms with van der Waals surface area (Å²) in [6.07, 6.45) is 4.82. The lowest BCUT2D eigenvalue weighted by Crippen LogP contribution is -2.16. The molecule has 0 aliphatic heterocycles. The predicted molar refractivity (Wildman–Crippen MR) is 89.5 cm³/mol. The van der Waals surface area contributed by atoms with Crippen molar-refractivity contribution in [2.45, 2.75) is 19.3 Å². The van der Waals surface area contributed by atoms with E-state index >= 15 is 0 Å². The van der Waals surface area contributed by atoms with Gasteiger partial charge in [-0.25, -0.2) is 15.0 Å². The third-order valence-electron chi connectivity index (χ3n) is 3.51. The summed E-state index contributed by atoms with van der Waals surface area (Å²) in [5, 5.41) is 3.12. The molecule has 0 saturated carbocycles. The summed E-state index contributed by atoms with van der Waals surface area (Å²) in [5.74, 6) is 0.231. The van der Waals surface area contributed by atoms with Crippen LogP contribution in [-0.2, 0) is 6.54 Å². The minimum Gasteiger partial charge on any atom is -0.406 e. The fourth-order valence-electron chi connectivity index (χ4n) is 2.30. The monoisotopic (exact) mass is 363 g/mol. The second-order valence-electron chi connectivity index (χ2n) is 5.45. The van der Waals surface area contributed by atoms with Crippen LogP contribution in [0.4, 0.5) is 19.1 Å². The highest BCUT2D eigenvalue weighted by molar-refractivity contribution is 5.62. The first-order chi connectivity index (χ1) is 12.5. The van der Waals surface area contributed by atoms with E-state index in [1.807, 2.05) is 10.8 Å². The molecule has 0 spiro atoms. The Morgan fingerprint density at radius 3 is 2.38 bits per heavy atom. The van der Waals surface area contributed by atoms with Crippen molar-refractivity contribution < 1.29 is 17.9 Å². The molecular weight excluding hydrogens is 347 g/mol. The molecule has 0 amide bonds. The van der Waals surface area contributed by atoms with E-state index in [-0.39, 0.29) is 5.75 Å². The third kappa shape index (κ3) is 5.20. The zero-order chi connectivity index (χ0) is 18.4. The molecule has 0 saturated heterocycles. The van der Waals surface area contributed by atoms with E-state index in [4.69, 9.17) is 0 Å². The van der Waals surface area contributed by atoms with E-state index in [0.717, 1.165) is 13.0 Å². The van der Waals surface area contributed by atoms with Gasteiger partial charge < -0.3 is 14.6 Å². The fraction of sp³-hybridized carbons (Fsp3) is 0.235. The molecule has 0 fully saturated rings. The molecule has 6 nitrogen and oxygen atoms in total. The molecule has 26 heavy (non-hydrogen) atoms. The number of ether oxygens (including phenoxy) is 1. The highest BCUT2D eigenvalue weighted by Gasteiger charge is 2.30. The molecule has 136 valence electrons. The van der Waals surface area contributed by atoms with Gasteiger partial charge in [-0.2, -0.15) is 0 Å². The van der Waals surface area contributed by atoms with Crippen LogP contribution in [0.5, 0.6) is 5.75 Å². The molecule has 1 N–H and O–H groups in total. The topological polar surface area (TPSA) is 64.9 Å². The smallest absolute Gasteiger partial charge is 0.406 e. The first kappa shape index (κ1) is 17.7. The summed E-state index contributed by atoms with van der Waals surface area (Å²) >= 11 is 0. The number of hydrogen-bond donors (Lipinski definition) is 1. The Hall–Kier alpha value is -3.10. The number of nitrogens with zero attached hydrogens (tertiary/aromatic N) is 4. The van der Waals surface area contributed by atoms with Gasteiger partial charge in [0.15, 0.2) is 0 Å². The lowest BCUT2D eigenvalue weighted by atomic mass is 10.1. The normalized spacial score (nSPS) is 11.3. The van der Waals surface area contributed by atoms with E-state index in [0.29, 0.717) is 23.6 Å². The summed E-state index contributed by atoms with van der Waals surface area (Å²) in [6, 6.07) is 5.56. The van der Waals surface area contributed by atoms with Crippen molar-refractivity contribution in [3.8, 4) is 16.9 Å². The molecule has 3 aromatic rings. The fourth-order valence-corrected chi connectivity index (χ4v) is 2.30. The molecule has 2 aromatic heterocycles. The van der Waals surface area contributed by atoms with Gasteiger partial charge in [-0.1, -0.05) is 12.1 Å². The van der Waals surface area contributed by atoms with Gasteiger partial charge in [-0.3, -0.25) is 0 Å². The summed E-state index contributed by atoms with van der Waals surface area (Å²) in [6.45, 7) is 1.55. The Morgan fingerprint density at radius 1 is 1.04 bits per heavy atom. The maximum atomic E-state index is 12.2. The Bertz CT molecular complexity index is 802. The molecule has 0 radical (unpaired) electrons. The minimum atomic E-state index is -4.70. The van der Waals surface area contributed by atoms with Crippen LogP contribution in [0.2, 0.25) is 0 Å². The summed E-state index contributed by atoms with van der Waals surface area (Å²) in [5.41, 5.74) is 1.40. The van der Waals surface area contributed by atoms with Gasteiger partial charge in [-0.05, 0) is 24.1 Å². The quantitative estimate of drug-likeness (QED) is 0.648. The number of rotatable bonds is 7. The third-order valence-corrected chi connectivity index (χ3v) is 3.51. The molecule has 0 bridgehead atoms. The van der Waals surface area contributed by atoms with Crippen LogP contribution >= 0.6 is 0 Å². The maximum Gasteiger partial charge on any atom is 0.573 e. The zero-order valence-corrected chi connectivity index (χ0v) is 13.6. The van der Waals surface area contributed by atoms with Gasteiger partial charge >= 0.3 is 6.36 Å². The van der Waals surface area contributed by atoms with Crippen LogP contribution in [0.25, 0.3) is 11.1 Å². The standard InChI is InChI=1S/C17H16F3N5O/c18-17(19,20)26-15-4-2-13(3-5-15)14-10-23-16(24-11-14)22-6-1-8-25-9-7-21-12-25/h2-5,7,9-12H,1,6,8H2,(H,22,23,24). The number of benzene rings is 1. The molecule has 3 rings (SSSR count). The SMILES string of the molecule is FC(F)(F)Oc1ccc(-c2cnc(NCCCn3ccnc3)nc2)cc1. The second-order valence-corrected chi connectivity index (χ2v) is 5.45. The van der Waals surface area contributed by atoms with Crippen molar-refractivity contribution in [2.24, 2.45) is 0 Å². The van der Waals surface area contributed by atoms with E-state index < -0.39 is 6.36 Å². The highest BCUT2D eigenvalue weighted by Crippen LogP contribution is 2.26. The summed E-state index contributed by atoms with van der Waals surface area (Å²) < 4.78 is 42.3. The second kappa shape index (κ2) is 7.85. The minimum absolute atomic E-state index is 0.265. The number of imidazole rings is 1. The Labute approximate surface area is 147 Å². The number of aromatic nitrogens is 4. The van der Waals surface area contributed by atoms with Gasteiger partial charge in [0.25, 0.3) is 0 Å². The molecule has 0 unspecified atom stereocenters. The van der Waals surface area contributed by atoms with Gasteiger partial charge in [0.2, 0.25) is 5.95 Å². The first-order valence-corrected chi connectivity index (χ1v) is 7.87. The first-order valence-electron chi connectivity index (χ1n) is 7.87. The van der Waals surface area contributed by atoms with Crippen LogP contribution in [0.3, 0.4) is 0 Å². The van der Waals surface area contributed by atoms with E-state index in [1.54, 1.807) is 24.9 Å². The number of halogens is 3. The van der Waals surface area contributed by atoms with Crippen LogP contribution in [-0.4, -0.2) is 32.4 Å². The molecule has 1 aromatic carbocycles. The number of nitrogens with one attached hydrogen (secondary N) is 1. The Balaban J connectivity index is 1.52. The summed E-state index contributed by atoms with van der Waals surface area (Å²) in [7, 11) is 0. The average molecular weight is 363 g/mol. The van der Waals surface area contributed by atoms with Crippen LogP contribution in [0, 0.1) is 0 Å². The van der Waals surface area contributed by atoms with E-state index in [1.165, 1.54) is 24.3 Å². The number of aryl methyl sites for hydroxylation is 1. The van der Waals surface area contributed by atoms with Crippen molar-refractivity contribution in [2.75, 3.05) is 11.9 Å². The lowest BCUT2D eigenvalue weighted by molar-refractivity contribution is -0.274. The van der Waals surface area contributed by atoms with Gasteiger partial charge in [0, 0.05) is 43.4 Å². The molecule has 9 heteroatoms. The van der Waals surface area contributed by atoms with Gasteiger partial charge in [0.1, 0.15) is 5.75 Å². The van der Waals surface area contributed by atoms with Crippen LogP contribution in [0.1, 0.15) is 6.42 Å². The van der Waals surface area contributed by atoms with Crippen molar-refractivity contribution >= 4 is 5.95 Å². The van der Waals surface area contributed by atoms with Crippen molar-refractivity contribution in [3.05, 3.63) is 55.4 Å². The Morgan fingerprint density at radius 2 is 1.77 bits per heavy atom. The number of alkyl halides is 3. The van der Waals surface area contributed by atoms with Crippen LogP contribution < -0.4 is 10.1 Å². The average Bonchev–Trinajstić information content (AvgIpc) is 3.12. The van der Waals surface area contributed by atoms with Crippen molar-refractivity contribution in [3.63, 3.8) is 0 Å². The molecule has 0 atom stereocenters. The number of hydrogen-bond acceptors (Lipinski definition) is 5.